The SMILES string of the molecule is Cc1ccc(-c2ccc(NC(=O)[C@@H]3[C@H](C(=O)O)[C@@H]4C=C[C@@H]3C4)cc2)o1. The average Bonchev–Trinajstić information content (AvgIpc) is 3.30. The van der Waals surface area contributed by atoms with Crippen molar-refractivity contribution in [3.05, 3.63) is 54.3 Å². The summed E-state index contributed by atoms with van der Waals surface area (Å²) >= 11 is 0. The Labute approximate surface area is 145 Å². The molecule has 5 heteroatoms. The molecule has 128 valence electrons. The number of anilines is 1. The predicted molar refractivity (Wildman–Crippen MR) is 92.9 cm³/mol. The van der Waals surface area contributed by atoms with E-state index in [2.05, 4.69) is 5.32 Å². The molecule has 2 aliphatic carbocycles. The zero-order chi connectivity index (χ0) is 17.6. The van der Waals surface area contributed by atoms with Gasteiger partial charge in [0.25, 0.3) is 0 Å². The van der Waals surface area contributed by atoms with E-state index in [-0.39, 0.29) is 17.7 Å². The Morgan fingerprint density at radius 3 is 2.32 bits per heavy atom. The largest absolute Gasteiger partial charge is 0.481 e. The topological polar surface area (TPSA) is 79.5 Å². The molecule has 0 spiro atoms. The minimum atomic E-state index is -0.888. The molecule has 0 saturated heterocycles. The number of allylic oxidation sites excluding steroid dienone is 2. The summed E-state index contributed by atoms with van der Waals surface area (Å²) in [5.74, 6) is -0.609. The Morgan fingerprint density at radius 1 is 1.04 bits per heavy atom. The van der Waals surface area contributed by atoms with Crippen LogP contribution in [0.4, 0.5) is 5.69 Å². The lowest BCUT2D eigenvalue weighted by atomic mass is 9.82. The summed E-state index contributed by atoms with van der Waals surface area (Å²) in [6.07, 6.45) is 4.68. The zero-order valence-electron chi connectivity index (χ0n) is 13.8. The summed E-state index contributed by atoms with van der Waals surface area (Å²) in [4.78, 5) is 24.2. The first-order valence-corrected chi connectivity index (χ1v) is 8.42. The predicted octanol–water partition coefficient (Wildman–Crippen LogP) is 3.72. The lowest BCUT2D eigenvalue weighted by molar-refractivity contribution is -0.146. The smallest absolute Gasteiger partial charge is 0.307 e. The van der Waals surface area contributed by atoms with Crippen LogP contribution in [0.2, 0.25) is 0 Å². The van der Waals surface area contributed by atoms with Crippen LogP contribution in [-0.2, 0) is 9.59 Å². The fourth-order valence-electron chi connectivity index (χ4n) is 4.05. The minimum Gasteiger partial charge on any atom is -0.481 e. The molecule has 4 atom stereocenters. The molecular formula is C20H19NO4. The third-order valence-corrected chi connectivity index (χ3v) is 5.22. The number of carboxylic acid groups (broad SMARTS) is 1. The fraction of sp³-hybridized carbons (Fsp3) is 0.300. The van der Waals surface area contributed by atoms with Gasteiger partial charge < -0.3 is 14.8 Å². The van der Waals surface area contributed by atoms with Crippen LogP contribution in [0.5, 0.6) is 0 Å². The fourth-order valence-corrected chi connectivity index (χ4v) is 4.05. The van der Waals surface area contributed by atoms with Crippen LogP contribution in [0.3, 0.4) is 0 Å². The first-order chi connectivity index (χ1) is 12.0. The number of carbonyl (C=O) groups excluding carboxylic acids is 1. The van der Waals surface area contributed by atoms with Gasteiger partial charge in [0.1, 0.15) is 11.5 Å². The maximum atomic E-state index is 12.7. The molecule has 1 saturated carbocycles. The molecule has 1 heterocycles. The average molecular weight is 337 g/mol. The number of amides is 1. The Hall–Kier alpha value is -2.82. The van der Waals surface area contributed by atoms with Gasteiger partial charge >= 0.3 is 5.97 Å². The van der Waals surface area contributed by atoms with Crippen molar-refractivity contribution in [2.24, 2.45) is 23.7 Å². The number of nitrogens with one attached hydrogen (secondary N) is 1. The Bertz CT molecular complexity index is 849. The number of hydrogen-bond acceptors (Lipinski definition) is 3. The molecule has 1 amide bonds. The normalized spacial score (nSPS) is 26.8. The molecule has 0 unspecified atom stereocenters. The van der Waals surface area contributed by atoms with Gasteiger partial charge in [-0.25, -0.2) is 0 Å². The monoisotopic (exact) mass is 337 g/mol. The van der Waals surface area contributed by atoms with Crippen LogP contribution in [0.1, 0.15) is 12.2 Å². The maximum absolute atomic E-state index is 12.7. The van der Waals surface area contributed by atoms with Gasteiger partial charge in [0.2, 0.25) is 5.91 Å². The molecule has 2 N–H and O–H groups in total. The van der Waals surface area contributed by atoms with Gasteiger partial charge in [-0.05, 0) is 61.6 Å². The second-order valence-electron chi connectivity index (χ2n) is 6.82. The highest BCUT2D eigenvalue weighted by Crippen LogP contribution is 2.48. The third-order valence-electron chi connectivity index (χ3n) is 5.22. The molecule has 1 fully saturated rings. The van der Waals surface area contributed by atoms with E-state index in [9.17, 15) is 14.7 Å². The van der Waals surface area contributed by atoms with E-state index in [0.29, 0.717) is 5.69 Å². The van der Waals surface area contributed by atoms with Gasteiger partial charge in [-0.2, -0.15) is 0 Å². The molecule has 0 radical (unpaired) electrons. The quantitative estimate of drug-likeness (QED) is 0.834. The third kappa shape index (κ3) is 2.76. The lowest BCUT2D eigenvalue weighted by Crippen LogP contribution is -2.36. The first kappa shape index (κ1) is 15.7. The van der Waals surface area contributed by atoms with Crippen molar-refractivity contribution in [1.29, 1.82) is 0 Å². The second-order valence-corrected chi connectivity index (χ2v) is 6.82. The van der Waals surface area contributed by atoms with E-state index in [1.165, 1.54) is 0 Å². The summed E-state index contributed by atoms with van der Waals surface area (Å²) in [5.41, 5.74) is 1.59. The van der Waals surface area contributed by atoms with Gasteiger partial charge in [-0.3, -0.25) is 9.59 Å². The highest BCUT2D eigenvalue weighted by molar-refractivity contribution is 5.96. The molecular weight excluding hydrogens is 318 g/mol. The van der Waals surface area contributed by atoms with Gasteiger partial charge in [-0.1, -0.05) is 12.2 Å². The number of fused-ring (bicyclic) bond motifs is 2. The molecule has 5 nitrogen and oxygen atoms in total. The van der Waals surface area contributed by atoms with Crippen molar-refractivity contribution < 1.29 is 19.1 Å². The number of furan rings is 1. The van der Waals surface area contributed by atoms with Crippen LogP contribution >= 0.6 is 0 Å². The maximum Gasteiger partial charge on any atom is 0.307 e. The summed E-state index contributed by atoms with van der Waals surface area (Å²) in [5, 5.41) is 12.3. The van der Waals surface area contributed by atoms with Crippen LogP contribution in [0.15, 0.2) is 53.0 Å². The van der Waals surface area contributed by atoms with Crippen molar-refractivity contribution in [2.75, 3.05) is 5.32 Å². The molecule has 1 aromatic heterocycles. The van der Waals surface area contributed by atoms with Crippen LogP contribution < -0.4 is 5.32 Å². The minimum absolute atomic E-state index is 0.0245. The molecule has 1 aromatic carbocycles. The zero-order valence-corrected chi connectivity index (χ0v) is 13.8. The second kappa shape index (κ2) is 5.92. The molecule has 25 heavy (non-hydrogen) atoms. The van der Waals surface area contributed by atoms with Crippen LogP contribution in [-0.4, -0.2) is 17.0 Å². The van der Waals surface area contributed by atoms with Crippen molar-refractivity contribution >= 4 is 17.6 Å². The Kier molecular flexibility index (Phi) is 3.71. The highest BCUT2D eigenvalue weighted by atomic mass is 16.4. The number of rotatable bonds is 4. The van der Waals surface area contributed by atoms with Gasteiger partial charge in [0.15, 0.2) is 0 Å². The lowest BCUT2D eigenvalue weighted by Gasteiger charge is -2.23. The molecule has 0 aliphatic heterocycles. The number of carbonyl (C=O) groups is 2. The van der Waals surface area contributed by atoms with Crippen LogP contribution in [0, 0.1) is 30.6 Å². The van der Waals surface area contributed by atoms with Gasteiger partial charge in [0, 0.05) is 11.3 Å². The number of aliphatic carboxylic acids is 1. The van der Waals surface area contributed by atoms with Gasteiger partial charge in [0.05, 0.1) is 11.8 Å². The first-order valence-electron chi connectivity index (χ1n) is 8.42. The Balaban J connectivity index is 1.49. The summed E-state index contributed by atoms with van der Waals surface area (Å²) in [6.45, 7) is 1.89. The number of benzene rings is 1. The molecule has 2 aliphatic rings. The Morgan fingerprint density at radius 2 is 1.72 bits per heavy atom. The number of carboxylic acids is 1. The van der Waals surface area contributed by atoms with E-state index >= 15 is 0 Å². The number of hydrogen-bond donors (Lipinski definition) is 2. The molecule has 2 bridgehead atoms. The number of aryl methyl sites for hydroxylation is 1. The standard InChI is InChI=1S/C20H19NO4/c1-11-2-9-16(25-11)12-5-7-15(8-6-12)21-19(22)17-13-3-4-14(10-13)18(17)20(23)24/h2-9,13-14,17-18H,10H2,1H3,(H,21,22)(H,23,24)/t13-,14-,17+,18-/m1/s1. The summed E-state index contributed by atoms with van der Waals surface area (Å²) in [6, 6.07) is 11.2. The summed E-state index contributed by atoms with van der Waals surface area (Å²) < 4.78 is 5.59. The van der Waals surface area contributed by atoms with Crippen molar-refractivity contribution in [3.63, 3.8) is 0 Å². The molecule has 4 rings (SSSR count). The van der Waals surface area contributed by atoms with E-state index in [1.807, 2.05) is 55.5 Å². The van der Waals surface area contributed by atoms with E-state index < -0.39 is 17.8 Å². The van der Waals surface area contributed by atoms with E-state index in [4.69, 9.17) is 4.42 Å². The van der Waals surface area contributed by atoms with Crippen LogP contribution in [0.25, 0.3) is 11.3 Å². The highest BCUT2D eigenvalue weighted by Gasteiger charge is 2.51. The van der Waals surface area contributed by atoms with Crippen molar-refractivity contribution in [2.45, 2.75) is 13.3 Å². The van der Waals surface area contributed by atoms with Crippen molar-refractivity contribution in [1.82, 2.24) is 0 Å². The van der Waals surface area contributed by atoms with E-state index in [0.717, 1.165) is 23.5 Å². The van der Waals surface area contributed by atoms with Crippen molar-refractivity contribution in [3.8, 4) is 11.3 Å². The van der Waals surface area contributed by atoms with E-state index in [1.54, 1.807) is 0 Å². The summed E-state index contributed by atoms with van der Waals surface area (Å²) in [7, 11) is 0. The van der Waals surface area contributed by atoms with Gasteiger partial charge in [-0.15, -0.1) is 0 Å². The molecule has 2 aromatic rings.